The number of aromatic nitrogens is 2. The lowest BCUT2D eigenvalue weighted by Crippen LogP contribution is -2.01. The second-order valence-corrected chi connectivity index (χ2v) is 13.1. The van der Waals surface area contributed by atoms with Crippen LogP contribution in [0.15, 0.2) is 188 Å². The van der Waals surface area contributed by atoms with Gasteiger partial charge in [0, 0.05) is 23.2 Å². The summed E-state index contributed by atoms with van der Waals surface area (Å²) in [4.78, 5) is 4.94. The molecule has 0 radical (unpaired) electrons. The summed E-state index contributed by atoms with van der Waals surface area (Å²) in [5.41, 5.74) is 18.4. The van der Waals surface area contributed by atoms with Crippen LogP contribution in [0.2, 0.25) is 0 Å². The van der Waals surface area contributed by atoms with Gasteiger partial charge in [0.1, 0.15) is 0 Å². The molecule has 0 amide bonds. The maximum Gasteiger partial charge on any atom is 0.0963 e. The highest BCUT2D eigenvalue weighted by atomic mass is 15.0. The third-order valence-corrected chi connectivity index (χ3v) is 10.3. The lowest BCUT2D eigenvalue weighted by atomic mass is 9.84. The Morgan fingerprint density at radius 2 is 1.06 bits per heavy atom. The maximum absolute atomic E-state index is 4.94. The minimum Gasteiger partial charge on any atom is -0.308 e. The molecule has 2 heteroatoms. The molecule has 9 aromatic rings. The Labute approximate surface area is 291 Å². The molecule has 2 nitrogen and oxygen atoms in total. The van der Waals surface area contributed by atoms with Crippen molar-refractivity contribution in [1.29, 1.82) is 0 Å². The minimum atomic E-state index is 0.124. The predicted molar refractivity (Wildman–Crippen MR) is 208 cm³/mol. The van der Waals surface area contributed by atoms with E-state index in [-0.39, 0.29) is 5.92 Å². The van der Waals surface area contributed by atoms with E-state index in [1.54, 1.807) is 0 Å². The van der Waals surface area contributed by atoms with E-state index in [0.29, 0.717) is 0 Å². The van der Waals surface area contributed by atoms with Crippen LogP contribution in [0.3, 0.4) is 0 Å². The summed E-state index contributed by atoms with van der Waals surface area (Å²) in [5, 5.41) is 1.15. The summed E-state index contributed by atoms with van der Waals surface area (Å²) in [6, 6.07) is 66.1. The van der Waals surface area contributed by atoms with Crippen molar-refractivity contribution in [3.63, 3.8) is 0 Å². The quantitative estimate of drug-likeness (QED) is 0.184. The number of pyridine rings is 1. The Morgan fingerprint density at radius 1 is 0.420 bits per heavy atom. The first-order valence-corrected chi connectivity index (χ1v) is 17.2. The third-order valence-electron chi connectivity index (χ3n) is 10.3. The molecule has 1 atom stereocenters. The van der Waals surface area contributed by atoms with Crippen LogP contribution >= 0.6 is 0 Å². The molecule has 7 aromatic carbocycles. The molecule has 1 aliphatic carbocycles. The van der Waals surface area contributed by atoms with E-state index >= 15 is 0 Å². The largest absolute Gasteiger partial charge is 0.308 e. The molecule has 50 heavy (non-hydrogen) atoms. The molecule has 2 aromatic heterocycles. The standard InChI is InChI=1S/C48H32N2/c1-3-12-32(13-4-1)34-23-26-38(27-24-34)50-44-28-25-36(31-43(44)48-45(50)22-11-29-49-48)39-20-10-21-42-40-18-7-8-19-41(40)46(47(39)42)37-17-9-16-35(30-37)33-14-5-2-6-15-33/h1-31,46H. The van der Waals surface area contributed by atoms with Crippen molar-refractivity contribution in [2.75, 3.05) is 0 Å². The molecular formula is C48H32N2. The molecule has 0 spiro atoms. The zero-order valence-corrected chi connectivity index (χ0v) is 27.4. The average Bonchev–Trinajstić information content (AvgIpc) is 3.71. The molecule has 0 saturated carbocycles. The Balaban J connectivity index is 1.14. The van der Waals surface area contributed by atoms with Gasteiger partial charge < -0.3 is 4.57 Å². The van der Waals surface area contributed by atoms with Crippen molar-refractivity contribution in [2.24, 2.45) is 0 Å². The van der Waals surface area contributed by atoms with Crippen LogP contribution in [0.1, 0.15) is 22.6 Å². The van der Waals surface area contributed by atoms with Crippen molar-refractivity contribution in [2.45, 2.75) is 5.92 Å². The number of fused-ring (bicyclic) bond motifs is 6. The van der Waals surface area contributed by atoms with Crippen LogP contribution < -0.4 is 0 Å². The van der Waals surface area contributed by atoms with Crippen molar-refractivity contribution >= 4 is 21.9 Å². The van der Waals surface area contributed by atoms with E-state index in [1.165, 1.54) is 61.2 Å². The minimum absolute atomic E-state index is 0.124. The SMILES string of the molecule is c1ccc(-c2ccc(-n3c4ccc(-c5cccc6c5C(c5cccc(-c7ccccc7)c5)c5ccccc5-6)cc4c4ncccc43)cc2)cc1. The van der Waals surface area contributed by atoms with E-state index in [1.807, 2.05) is 12.3 Å². The highest BCUT2D eigenvalue weighted by Gasteiger charge is 2.32. The predicted octanol–water partition coefficient (Wildman–Crippen LogP) is 12.3. The number of hydrogen-bond donors (Lipinski definition) is 0. The molecule has 10 rings (SSSR count). The molecule has 0 aliphatic heterocycles. The van der Waals surface area contributed by atoms with E-state index in [9.17, 15) is 0 Å². The molecule has 234 valence electrons. The molecule has 0 N–H and O–H groups in total. The first-order valence-electron chi connectivity index (χ1n) is 17.2. The summed E-state index contributed by atoms with van der Waals surface area (Å²) in [5.74, 6) is 0.124. The van der Waals surface area contributed by atoms with Crippen LogP contribution in [-0.4, -0.2) is 9.55 Å². The first kappa shape index (κ1) is 28.5. The Kier molecular flexibility index (Phi) is 6.60. The fraction of sp³-hybridized carbons (Fsp3) is 0.0208. The summed E-state index contributed by atoms with van der Waals surface area (Å²) in [7, 11) is 0. The van der Waals surface area contributed by atoms with Crippen LogP contribution in [0.5, 0.6) is 0 Å². The molecular weight excluding hydrogens is 605 g/mol. The molecule has 2 heterocycles. The van der Waals surface area contributed by atoms with E-state index in [4.69, 9.17) is 4.98 Å². The van der Waals surface area contributed by atoms with Gasteiger partial charge in [-0.15, -0.1) is 0 Å². The van der Waals surface area contributed by atoms with Gasteiger partial charge in [0.05, 0.1) is 16.6 Å². The Hall–Kier alpha value is -6.51. The van der Waals surface area contributed by atoms with Gasteiger partial charge in [-0.25, -0.2) is 0 Å². The summed E-state index contributed by atoms with van der Waals surface area (Å²) in [6.07, 6.45) is 1.91. The van der Waals surface area contributed by atoms with Gasteiger partial charge in [-0.3, -0.25) is 4.98 Å². The zero-order valence-electron chi connectivity index (χ0n) is 27.4. The van der Waals surface area contributed by atoms with Gasteiger partial charge in [0.15, 0.2) is 0 Å². The third kappa shape index (κ3) is 4.53. The topological polar surface area (TPSA) is 17.8 Å². The molecule has 0 bridgehead atoms. The molecule has 1 unspecified atom stereocenters. The lowest BCUT2D eigenvalue weighted by molar-refractivity contribution is 1.02. The number of benzene rings is 7. The molecule has 0 saturated heterocycles. The Morgan fingerprint density at radius 3 is 1.88 bits per heavy atom. The molecule has 0 fully saturated rings. The Bertz CT molecular complexity index is 2690. The smallest absolute Gasteiger partial charge is 0.0963 e. The van der Waals surface area contributed by atoms with E-state index in [0.717, 1.165) is 27.6 Å². The number of hydrogen-bond acceptors (Lipinski definition) is 1. The van der Waals surface area contributed by atoms with Crippen molar-refractivity contribution < 1.29 is 0 Å². The van der Waals surface area contributed by atoms with Crippen molar-refractivity contribution in [3.8, 4) is 50.2 Å². The fourth-order valence-electron chi connectivity index (χ4n) is 8.10. The van der Waals surface area contributed by atoms with Gasteiger partial charge in [-0.1, -0.05) is 146 Å². The van der Waals surface area contributed by atoms with Crippen molar-refractivity contribution in [1.82, 2.24) is 9.55 Å². The monoisotopic (exact) mass is 636 g/mol. The van der Waals surface area contributed by atoms with E-state index < -0.39 is 0 Å². The average molecular weight is 637 g/mol. The van der Waals surface area contributed by atoms with Crippen LogP contribution in [0.25, 0.3) is 72.1 Å². The van der Waals surface area contributed by atoms with Gasteiger partial charge >= 0.3 is 0 Å². The summed E-state index contributed by atoms with van der Waals surface area (Å²) >= 11 is 0. The van der Waals surface area contributed by atoms with Crippen LogP contribution in [-0.2, 0) is 0 Å². The van der Waals surface area contributed by atoms with Gasteiger partial charge in [0.25, 0.3) is 0 Å². The first-order chi connectivity index (χ1) is 24.8. The van der Waals surface area contributed by atoms with E-state index in [2.05, 4.69) is 180 Å². The summed E-state index contributed by atoms with van der Waals surface area (Å²) < 4.78 is 2.35. The second kappa shape index (κ2) is 11.6. The van der Waals surface area contributed by atoms with Gasteiger partial charge in [-0.2, -0.15) is 0 Å². The fourth-order valence-corrected chi connectivity index (χ4v) is 8.10. The normalized spacial score (nSPS) is 13.4. The second-order valence-electron chi connectivity index (χ2n) is 13.1. The highest BCUT2D eigenvalue weighted by molar-refractivity contribution is 6.08. The maximum atomic E-state index is 4.94. The zero-order chi connectivity index (χ0) is 33.0. The molecule has 1 aliphatic rings. The van der Waals surface area contributed by atoms with Crippen molar-refractivity contribution in [3.05, 3.63) is 205 Å². The highest BCUT2D eigenvalue weighted by Crippen LogP contribution is 2.52. The van der Waals surface area contributed by atoms with Crippen LogP contribution in [0.4, 0.5) is 0 Å². The number of rotatable bonds is 5. The summed E-state index contributed by atoms with van der Waals surface area (Å²) in [6.45, 7) is 0. The van der Waals surface area contributed by atoms with Gasteiger partial charge in [0.2, 0.25) is 0 Å². The lowest BCUT2D eigenvalue weighted by Gasteiger charge is -2.19. The van der Waals surface area contributed by atoms with Gasteiger partial charge in [-0.05, 0) is 97.6 Å². The van der Waals surface area contributed by atoms with Crippen LogP contribution in [0, 0.1) is 0 Å². The number of nitrogens with zero attached hydrogens (tertiary/aromatic N) is 2.